The standard InChI is InChI=1S/C23H25FN4O2S/c1-16-13-19(6-9-21(16)24)22-10-11-26-23(27-22)18-4-7-20(8-5-18)31(29,30)28-12-2-3-17(14-25)15-28/h4-11,13,17H,2-3,12,14-15,25H2,1H3. The number of rotatable bonds is 5. The number of sulfonamides is 1. The van der Waals surface area contributed by atoms with E-state index in [2.05, 4.69) is 9.97 Å². The Bertz CT molecular complexity index is 1180. The van der Waals surface area contributed by atoms with E-state index in [0.717, 1.165) is 18.4 Å². The lowest BCUT2D eigenvalue weighted by Gasteiger charge is -2.31. The van der Waals surface area contributed by atoms with Crippen LogP contribution >= 0.6 is 0 Å². The van der Waals surface area contributed by atoms with Crippen LogP contribution in [0.15, 0.2) is 59.6 Å². The summed E-state index contributed by atoms with van der Waals surface area (Å²) in [5.74, 6) is 0.417. The fourth-order valence-corrected chi connectivity index (χ4v) is 5.38. The van der Waals surface area contributed by atoms with Gasteiger partial charge in [0.05, 0.1) is 10.6 Å². The Balaban J connectivity index is 1.59. The molecular formula is C23H25FN4O2S. The molecule has 0 spiro atoms. The van der Waals surface area contributed by atoms with Gasteiger partial charge in [0.15, 0.2) is 5.82 Å². The molecule has 2 aromatic carbocycles. The molecule has 162 valence electrons. The minimum Gasteiger partial charge on any atom is -0.330 e. The van der Waals surface area contributed by atoms with Gasteiger partial charge in [0.2, 0.25) is 10.0 Å². The monoisotopic (exact) mass is 440 g/mol. The van der Waals surface area contributed by atoms with Gasteiger partial charge in [-0.15, -0.1) is 0 Å². The fourth-order valence-electron chi connectivity index (χ4n) is 3.83. The molecular weight excluding hydrogens is 415 g/mol. The van der Waals surface area contributed by atoms with Gasteiger partial charge in [-0.25, -0.2) is 22.8 Å². The van der Waals surface area contributed by atoms with Gasteiger partial charge in [-0.2, -0.15) is 4.31 Å². The van der Waals surface area contributed by atoms with E-state index in [0.29, 0.717) is 42.3 Å². The molecule has 8 heteroatoms. The summed E-state index contributed by atoms with van der Waals surface area (Å²) < 4.78 is 41.1. The molecule has 1 aliphatic heterocycles. The minimum atomic E-state index is -3.56. The van der Waals surface area contributed by atoms with Crippen molar-refractivity contribution in [2.75, 3.05) is 19.6 Å². The van der Waals surface area contributed by atoms with E-state index < -0.39 is 10.0 Å². The Morgan fingerprint density at radius 1 is 1.13 bits per heavy atom. The molecule has 0 aliphatic carbocycles. The number of piperidine rings is 1. The summed E-state index contributed by atoms with van der Waals surface area (Å²) in [6.45, 7) is 3.18. The van der Waals surface area contributed by atoms with E-state index >= 15 is 0 Å². The SMILES string of the molecule is Cc1cc(-c2ccnc(-c3ccc(S(=O)(=O)N4CCCC(CN)C4)cc3)n2)ccc1F. The first-order valence-corrected chi connectivity index (χ1v) is 11.7. The number of halogens is 1. The zero-order valence-corrected chi connectivity index (χ0v) is 18.1. The lowest BCUT2D eigenvalue weighted by molar-refractivity contribution is 0.271. The third kappa shape index (κ3) is 4.51. The normalized spacial score (nSPS) is 17.6. The molecule has 3 aromatic rings. The van der Waals surface area contributed by atoms with E-state index in [-0.39, 0.29) is 16.6 Å². The molecule has 0 bridgehead atoms. The van der Waals surface area contributed by atoms with Gasteiger partial charge in [-0.1, -0.05) is 0 Å². The molecule has 1 unspecified atom stereocenters. The third-order valence-corrected chi connectivity index (χ3v) is 7.55. The number of benzene rings is 2. The van der Waals surface area contributed by atoms with Crippen molar-refractivity contribution in [2.24, 2.45) is 11.7 Å². The van der Waals surface area contributed by atoms with Gasteiger partial charge >= 0.3 is 0 Å². The fraction of sp³-hybridized carbons (Fsp3) is 0.304. The topological polar surface area (TPSA) is 89.2 Å². The first kappa shape index (κ1) is 21.5. The zero-order chi connectivity index (χ0) is 22.0. The van der Waals surface area contributed by atoms with Gasteiger partial charge in [-0.05, 0) is 86.3 Å². The number of nitrogens with two attached hydrogens (primary N) is 1. The zero-order valence-electron chi connectivity index (χ0n) is 17.3. The van der Waals surface area contributed by atoms with E-state index in [1.54, 1.807) is 55.6 Å². The lowest BCUT2D eigenvalue weighted by atomic mass is 10.0. The van der Waals surface area contributed by atoms with Gasteiger partial charge in [0.25, 0.3) is 0 Å². The Labute approximate surface area is 182 Å². The van der Waals surface area contributed by atoms with Gasteiger partial charge in [0.1, 0.15) is 5.82 Å². The number of aromatic nitrogens is 2. The maximum atomic E-state index is 13.6. The van der Waals surface area contributed by atoms with Gasteiger partial charge in [0, 0.05) is 30.4 Å². The molecule has 1 aromatic heterocycles. The highest BCUT2D eigenvalue weighted by atomic mass is 32.2. The molecule has 1 atom stereocenters. The highest BCUT2D eigenvalue weighted by Gasteiger charge is 2.29. The number of hydrogen-bond donors (Lipinski definition) is 1. The van der Waals surface area contributed by atoms with Crippen molar-refractivity contribution < 1.29 is 12.8 Å². The summed E-state index contributed by atoms with van der Waals surface area (Å²) in [6, 6.07) is 13.2. The van der Waals surface area contributed by atoms with Crippen LogP contribution in [0.1, 0.15) is 18.4 Å². The van der Waals surface area contributed by atoms with Crippen LogP contribution in [0.4, 0.5) is 4.39 Å². The van der Waals surface area contributed by atoms with Crippen LogP contribution in [-0.4, -0.2) is 42.3 Å². The maximum absolute atomic E-state index is 13.6. The second kappa shape index (κ2) is 8.82. The maximum Gasteiger partial charge on any atom is 0.243 e. The first-order chi connectivity index (χ1) is 14.9. The first-order valence-electron chi connectivity index (χ1n) is 10.3. The second-order valence-electron chi connectivity index (χ2n) is 7.86. The van der Waals surface area contributed by atoms with Crippen LogP contribution in [0.5, 0.6) is 0 Å². The summed E-state index contributed by atoms with van der Waals surface area (Å²) in [6.07, 6.45) is 3.42. The average Bonchev–Trinajstić information content (AvgIpc) is 2.81. The van der Waals surface area contributed by atoms with E-state index in [9.17, 15) is 12.8 Å². The molecule has 6 nitrogen and oxygen atoms in total. The molecule has 1 fully saturated rings. The predicted molar refractivity (Wildman–Crippen MR) is 118 cm³/mol. The summed E-state index contributed by atoms with van der Waals surface area (Å²) in [4.78, 5) is 9.15. The molecule has 4 rings (SSSR count). The number of aryl methyl sites for hydroxylation is 1. The van der Waals surface area contributed by atoms with Crippen LogP contribution < -0.4 is 5.73 Å². The van der Waals surface area contributed by atoms with Crippen LogP contribution in [0.3, 0.4) is 0 Å². The van der Waals surface area contributed by atoms with Crippen molar-refractivity contribution in [1.82, 2.24) is 14.3 Å². The van der Waals surface area contributed by atoms with Crippen molar-refractivity contribution in [3.05, 3.63) is 66.1 Å². The summed E-state index contributed by atoms with van der Waals surface area (Å²) in [5.41, 5.74) is 8.46. The Morgan fingerprint density at radius 2 is 1.87 bits per heavy atom. The largest absolute Gasteiger partial charge is 0.330 e. The molecule has 0 amide bonds. The van der Waals surface area contributed by atoms with Crippen LogP contribution in [0, 0.1) is 18.7 Å². The average molecular weight is 441 g/mol. The molecule has 1 saturated heterocycles. The van der Waals surface area contributed by atoms with Crippen molar-refractivity contribution in [3.8, 4) is 22.6 Å². The van der Waals surface area contributed by atoms with Crippen LogP contribution in [0.25, 0.3) is 22.6 Å². The molecule has 0 saturated carbocycles. The Kier molecular flexibility index (Phi) is 6.13. The highest BCUT2D eigenvalue weighted by Crippen LogP contribution is 2.26. The second-order valence-corrected chi connectivity index (χ2v) is 9.80. The lowest BCUT2D eigenvalue weighted by Crippen LogP contribution is -2.41. The molecule has 31 heavy (non-hydrogen) atoms. The van der Waals surface area contributed by atoms with Crippen molar-refractivity contribution >= 4 is 10.0 Å². The minimum absolute atomic E-state index is 0.203. The molecule has 0 radical (unpaired) electrons. The van der Waals surface area contributed by atoms with Gasteiger partial charge < -0.3 is 5.73 Å². The third-order valence-electron chi connectivity index (χ3n) is 5.67. The van der Waals surface area contributed by atoms with Crippen molar-refractivity contribution in [2.45, 2.75) is 24.7 Å². The molecule has 1 aliphatic rings. The molecule has 2 heterocycles. The summed E-state index contributed by atoms with van der Waals surface area (Å²) in [5, 5.41) is 0. The quantitative estimate of drug-likeness (QED) is 0.655. The summed E-state index contributed by atoms with van der Waals surface area (Å²) in [7, 11) is -3.56. The smallest absolute Gasteiger partial charge is 0.243 e. The Morgan fingerprint density at radius 3 is 2.58 bits per heavy atom. The highest BCUT2D eigenvalue weighted by molar-refractivity contribution is 7.89. The van der Waals surface area contributed by atoms with E-state index in [4.69, 9.17) is 5.73 Å². The summed E-state index contributed by atoms with van der Waals surface area (Å²) >= 11 is 0. The van der Waals surface area contributed by atoms with Crippen LogP contribution in [0.2, 0.25) is 0 Å². The van der Waals surface area contributed by atoms with Crippen molar-refractivity contribution in [3.63, 3.8) is 0 Å². The number of nitrogens with zero attached hydrogens (tertiary/aromatic N) is 3. The van der Waals surface area contributed by atoms with E-state index in [1.165, 1.54) is 10.4 Å². The predicted octanol–water partition coefficient (Wildman–Crippen LogP) is 3.62. The number of hydrogen-bond acceptors (Lipinski definition) is 5. The van der Waals surface area contributed by atoms with Gasteiger partial charge in [-0.3, -0.25) is 0 Å². The molecule has 2 N–H and O–H groups in total. The van der Waals surface area contributed by atoms with Crippen LogP contribution in [-0.2, 0) is 10.0 Å². The van der Waals surface area contributed by atoms with Crippen molar-refractivity contribution in [1.29, 1.82) is 0 Å². The van der Waals surface area contributed by atoms with E-state index in [1.807, 2.05) is 0 Å². The Hall–Kier alpha value is -2.68.